The molecular formula is C19H27FN4O. The van der Waals surface area contributed by atoms with Crippen molar-refractivity contribution in [1.82, 2.24) is 14.7 Å². The number of hydrogen-bond acceptors (Lipinski definition) is 4. The Labute approximate surface area is 148 Å². The molecule has 25 heavy (non-hydrogen) atoms. The van der Waals surface area contributed by atoms with Gasteiger partial charge in [0.25, 0.3) is 0 Å². The van der Waals surface area contributed by atoms with E-state index in [-0.39, 0.29) is 12.4 Å². The maximum Gasteiger partial charge on any atom is 0.146 e. The monoisotopic (exact) mass is 346 g/mol. The van der Waals surface area contributed by atoms with Crippen molar-refractivity contribution in [2.24, 2.45) is 0 Å². The van der Waals surface area contributed by atoms with E-state index >= 15 is 0 Å². The summed E-state index contributed by atoms with van der Waals surface area (Å²) in [5.41, 5.74) is 4.03. The molecule has 0 aliphatic carbocycles. The summed E-state index contributed by atoms with van der Waals surface area (Å²) in [6.45, 7) is 7.60. The largest absolute Gasteiger partial charge is 0.394 e. The van der Waals surface area contributed by atoms with Crippen LogP contribution in [0.5, 0.6) is 0 Å². The van der Waals surface area contributed by atoms with Crippen molar-refractivity contribution in [3.63, 3.8) is 0 Å². The molecule has 0 spiro atoms. The van der Waals surface area contributed by atoms with Gasteiger partial charge in [-0.25, -0.2) is 4.39 Å². The van der Waals surface area contributed by atoms with Crippen molar-refractivity contribution in [3.8, 4) is 0 Å². The summed E-state index contributed by atoms with van der Waals surface area (Å²) in [5, 5.41) is 17.0. The van der Waals surface area contributed by atoms with Crippen LogP contribution in [0.15, 0.2) is 24.3 Å². The number of piperidine rings is 1. The highest BCUT2D eigenvalue weighted by Crippen LogP contribution is 2.22. The fourth-order valence-corrected chi connectivity index (χ4v) is 3.53. The minimum absolute atomic E-state index is 0.106. The Balaban J connectivity index is 1.55. The van der Waals surface area contributed by atoms with Crippen molar-refractivity contribution < 1.29 is 9.50 Å². The van der Waals surface area contributed by atoms with Crippen LogP contribution in [0, 0.1) is 19.7 Å². The molecule has 1 aliphatic heterocycles. The average molecular weight is 346 g/mol. The summed E-state index contributed by atoms with van der Waals surface area (Å²) in [7, 11) is 0. The first kappa shape index (κ1) is 17.9. The summed E-state index contributed by atoms with van der Waals surface area (Å²) >= 11 is 0. The molecule has 2 heterocycles. The first-order valence-electron chi connectivity index (χ1n) is 8.95. The molecule has 0 unspecified atom stereocenters. The van der Waals surface area contributed by atoms with E-state index in [1.54, 1.807) is 12.1 Å². The van der Waals surface area contributed by atoms with Gasteiger partial charge in [0.2, 0.25) is 0 Å². The van der Waals surface area contributed by atoms with Crippen LogP contribution in [0.2, 0.25) is 0 Å². The van der Waals surface area contributed by atoms with E-state index in [4.69, 9.17) is 5.11 Å². The number of aliphatic hydroxyl groups is 1. The number of likely N-dealkylation sites (tertiary alicyclic amines) is 1. The van der Waals surface area contributed by atoms with Crippen LogP contribution in [0.3, 0.4) is 0 Å². The molecule has 1 saturated heterocycles. The molecule has 0 atom stereocenters. The number of aryl methyl sites for hydroxylation is 1. The van der Waals surface area contributed by atoms with Crippen molar-refractivity contribution >= 4 is 5.69 Å². The quantitative estimate of drug-likeness (QED) is 0.844. The van der Waals surface area contributed by atoms with E-state index in [2.05, 4.69) is 22.2 Å². The number of halogens is 1. The van der Waals surface area contributed by atoms with Gasteiger partial charge in [-0.1, -0.05) is 12.1 Å². The molecule has 0 bridgehead atoms. The number of aliphatic hydroxyl groups excluding tert-OH is 1. The van der Waals surface area contributed by atoms with Crippen LogP contribution in [-0.4, -0.2) is 45.5 Å². The van der Waals surface area contributed by atoms with E-state index in [0.29, 0.717) is 18.3 Å². The van der Waals surface area contributed by atoms with E-state index < -0.39 is 0 Å². The molecule has 0 saturated carbocycles. The van der Waals surface area contributed by atoms with E-state index in [1.165, 1.54) is 11.6 Å². The van der Waals surface area contributed by atoms with Crippen LogP contribution in [0.4, 0.5) is 10.1 Å². The maximum absolute atomic E-state index is 13.8. The predicted octanol–water partition coefficient (Wildman–Crippen LogP) is 2.71. The minimum Gasteiger partial charge on any atom is -0.394 e. The second-order valence-electron chi connectivity index (χ2n) is 6.77. The molecule has 0 radical (unpaired) electrons. The summed E-state index contributed by atoms with van der Waals surface area (Å²) in [4.78, 5) is 2.43. The van der Waals surface area contributed by atoms with E-state index in [9.17, 15) is 4.39 Å². The zero-order valence-corrected chi connectivity index (χ0v) is 15.0. The highest BCUT2D eigenvalue weighted by molar-refractivity contribution is 5.45. The van der Waals surface area contributed by atoms with Crippen molar-refractivity contribution in [1.29, 1.82) is 0 Å². The molecule has 6 heteroatoms. The normalized spacial score (nSPS) is 16.3. The lowest BCUT2D eigenvalue weighted by Gasteiger charge is -2.33. The van der Waals surface area contributed by atoms with Gasteiger partial charge in [-0.05, 0) is 38.8 Å². The van der Waals surface area contributed by atoms with Crippen molar-refractivity contribution in [2.75, 3.05) is 25.0 Å². The highest BCUT2D eigenvalue weighted by atomic mass is 19.1. The lowest BCUT2D eigenvalue weighted by atomic mass is 10.0. The number of anilines is 1. The number of hydrogen-bond donors (Lipinski definition) is 2. The molecule has 1 aliphatic rings. The van der Waals surface area contributed by atoms with Gasteiger partial charge in [0.1, 0.15) is 5.82 Å². The Bertz CT molecular complexity index is 707. The Morgan fingerprint density at radius 3 is 2.64 bits per heavy atom. The van der Waals surface area contributed by atoms with Crippen LogP contribution >= 0.6 is 0 Å². The van der Waals surface area contributed by atoms with Gasteiger partial charge in [-0.3, -0.25) is 9.58 Å². The average Bonchev–Trinajstić information content (AvgIpc) is 2.86. The third-order valence-electron chi connectivity index (χ3n) is 5.05. The molecular weight excluding hydrogens is 319 g/mol. The van der Waals surface area contributed by atoms with Gasteiger partial charge in [0, 0.05) is 36.9 Å². The number of para-hydroxylation sites is 1. The van der Waals surface area contributed by atoms with Gasteiger partial charge >= 0.3 is 0 Å². The summed E-state index contributed by atoms with van der Waals surface area (Å²) in [6, 6.07) is 7.17. The first-order valence-corrected chi connectivity index (χ1v) is 8.95. The second kappa shape index (κ2) is 7.97. The van der Waals surface area contributed by atoms with Crippen LogP contribution < -0.4 is 5.32 Å². The summed E-state index contributed by atoms with van der Waals surface area (Å²) in [6.07, 6.45) is 1.99. The number of nitrogens with zero attached hydrogens (tertiary/aromatic N) is 3. The Kier molecular flexibility index (Phi) is 5.71. The van der Waals surface area contributed by atoms with Crippen LogP contribution in [-0.2, 0) is 13.1 Å². The Morgan fingerprint density at radius 1 is 1.24 bits per heavy atom. The lowest BCUT2D eigenvalue weighted by Crippen LogP contribution is -2.39. The van der Waals surface area contributed by atoms with Gasteiger partial charge in [-0.15, -0.1) is 0 Å². The smallest absolute Gasteiger partial charge is 0.146 e. The third kappa shape index (κ3) is 4.19. The van der Waals surface area contributed by atoms with Gasteiger partial charge in [0.05, 0.1) is 24.5 Å². The third-order valence-corrected chi connectivity index (χ3v) is 5.05. The number of benzene rings is 1. The van der Waals surface area contributed by atoms with Gasteiger partial charge in [0.15, 0.2) is 0 Å². The van der Waals surface area contributed by atoms with Crippen LogP contribution in [0.1, 0.15) is 29.8 Å². The second-order valence-corrected chi connectivity index (χ2v) is 6.77. The Morgan fingerprint density at radius 2 is 1.96 bits per heavy atom. The number of rotatable bonds is 6. The molecule has 1 aromatic carbocycles. The molecule has 3 rings (SSSR count). The van der Waals surface area contributed by atoms with Crippen LogP contribution in [0.25, 0.3) is 0 Å². The predicted molar refractivity (Wildman–Crippen MR) is 97.1 cm³/mol. The number of aromatic nitrogens is 2. The topological polar surface area (TPSA) is 53.3 Å². The molecule has 0 amide bonds. The standard InChI is InChI=1S/C19H27FN4O/c1-14-17(15(2)24(22-14)11-12-25)13-23-9-7-16(8-10-23)21-19-6-4-3-5-18(19)20/h3-6,16,21,25H,7-13H2,1-2H3. The Hall–Kier alpha value is -1.92. The van der Waals surface area contributed by atoms with Crippen molar-refractivity contribution in [3.05, 3.63) is 47.0 Å². The summed E-state index contributed by atoms with van der Waals surface area (Å²) in [5.74, 6) is -0.188. The highest BCUT2D eigenvalue weighted by Gasteiger charge is 2.22. The lowest BCUT2D eigenvalue weighted by molar-refractivity contribution is 0.210. The molecule has 1 fully saturated rings. The zero-order valence-electron chi connectivity index (χ0n) is 15.0. The summed E-state index contributed by atoms with van der Waals surface area (Å²) < 4.78 is 15.6. The SMILES string of the molecule is Cc1nn(CCO)c(C)c1CN1CCC(Nc2ccccc2F)CC1. The molecule has 136 valence electrons. The van der Waals surface area contributed by atoms with E-state index in [1.807, 2.05) is 17.7 Å². The van der Waals surface area contributed by atoms with E-state index in [0.717, 1.165) is 43.9 Å². The zero-order chi connectivity index (χ0) is 17.8. The fraction of sp³-hybridized carbons (Fsp3) is 0.526. The number of nitrogens with one attached hydrogen (secondary N) is 1. The first-order chi connectivity index (χ1) is 12.1. The van der Waals surface area contributed by atoms with Gasteiger partial charge < -0.3 is 10.4 Å². The molecule has 2 aromatic rings. The van der Waals surface area contributed by atoms with Gasteiger partial charge in [-0.2, -0.15) is 5.10 Å². The van der Waals surface area contributed by atoms with Crippen molar-refractivity contribution in [2.45, 2.75) is 45.8 Å². The molecule has 1 aromatic heterocycles. The molecule has 2 N–H and O–H groups in total. The minimum atomic E-state index is -0.188. The molecule has 5 nitrogen and oxygen atoms in total. The fourth-order valence-electron chi connectivity index (χ4n) is 3.53. The maximum atomic E-state index is 13.8.